The predicted molar refractivity (Wildman–Crippen MR) is 140 cm³/mol. The molecule has 38 heavy (non-hydrogen) atoms. The van der Waals surface area contributed by atoms with E-state index in [9.17, 15) is 18.8 Å². The lowest BCUT2D eigenvalue weighted by Crippen LogP contribution is -2.43. The van der Waals surface area contributed by atoms with E-state index in [1.54, 1.807) is 6.08 Å². The monoisotopic (exact) mass is 525 g/mol. The number of hydrogen-bond acceptors (Lipinski definition) is 6. The predicted octanol–water partition coefficient (Wildman–Crippen LogP) is 2.26. The van der Waals surface area contributed by atoms with E-state index in [-0.39, 0.29) is 29.7 Å². The molecule has 1 aromatic heterocycles. The number of fused-ring (bicyclic) bond motifs is 2. The fraction of sp³-hybridized carbons (Fsp3) is 0.444. The first-order valence-electron chi connectivity index (χ1n) is 12.8. The molecule has 10 nitrogen and oxygen atoms in total. The Labute approximate surface area is 220 Å². The summed E-state index contributed by atoms with van der Waals surface area (Å²) in [6.45, 7) is 6.99. The maximum Gasteiger partial charge on any atom is 0.256 e. The fourth-order valence-corrected chi connectivity index (χ4v) is 5.22. The molecule has 1 fully saturated rings. The summed E-state index contributed by atoms with van der Waals surface area (Å²) in [4.78, 5) is 45.7. The number of morpholine rings is 1. The van der Waals surface area contributed by atoms with Gasteiger partial charge in [0.1, 0.15) is 12.4 Å². The molecule has 1 aromatic carbocycles. The Balaban J connectivity index is 1.39. The first-order chi connectivity index (χ1) is 18.4. The lowest BCUT2D eigenvalue weighted by atomic mass is 10.0. The molecule has 5 rings (SSSR count). The number of carbonyl (C=O) groups excluding carboxylic acids is 3. The summed E-state index contributed by atoms with van der Waals surface area (Å²) >= 11 is 0. The number of amides is 3. The number of benzene rings is 1. The zero-order valence-electron chi connectivity index (χ0n) is 21.6. The van der Waals surface area contributed by atoms with E-state index >= 15 is 0 Å². The van der Waals surface area contributed by atoms with Crippen LogP contribution in [0.1, 0.15) is 39.3 Å². The molecule has 11 heteroatoms. The molecule has 1 saturated heterocycles. The first-order valence-corrected chi connectivity index (χ1v) is 12.8. The number of carbonyl (C=O) groups is 3. The van der Waals surface area contributed by atoms with Crippen molar-refractivity contribution in [2.45, 2.75) is 19.8 Å². The lowest BCUT2D eigenvalue weighted by Gasteiger charge is -2.29. The molecule has 0 radical (unpaired) electrons. The van der Waals surface area contributed by atoms with Crippen LogP contribution < -0.4 is 10.6 Å². The molecule has 0 bridgehead atoms. The lowest BCUT2D eigenvalue weighted by molar-refractivity contribution is -0.119. The van der Waals surface area contributed by atoms with Gasteiger partial charge in [0, 0.05) is 56.8 Å². The average molecular weight is 526 g/mol. The molecule has 0 aliphatic carbocycles. The van der Waals surface area contributed by atoms with E-state index in [0.717, 1.165) is 56.9 Å². The van der Waals surface area contributed by atoms with E-state index in [1.807, 2.05) is 11.8 Å². The number of hydrogen-bond donors (Lipinski definition) is 3. The Kier molecular flexibility index (Phi) is 7.59. The molecule has 4 heterocycles. The molecule has 3 aliphatic rings. The van der Waals surface area contributed by atoms with E-state index in [4.69, 9.17) is 9.47 Å². The Morgan fingerprint density at radius 1 is 1.21 bits per heavy atom. The average Bonchev–Trinajstić information content (AvgIpc) is 3.30. The maximum atomic E-state index is 14.8. The molecule has 3 N–H and O–H groups in total. The molecule has 2 aromatic rings. The standard InChI is InChI=1S/C27H32FN5O5/c1-16-21(13-18-17-12-19(28)23(30-24(34)15-37-2)14-22(17)31-26(18)35)29-20-4-3-5-33(27(36)25(16)20)7-6-32-8-10-38-11-9-32/h12-14,29H,3-11,15H2,1-2H3,(H,30,34)(H,31,35)/b18-13-. The van der Waals surface area contributed by atoms with Gasteiger partial charge in [0.2, 0.25) is 5.91 Å². The second-order valence-corrected chi connectivity index (χ2v) is 9.74. The van der Waals surface area contributed by atoms with Crippen molar-refractivity contribution in [3.05, 3.63) is 46.0 Å². The van der Waals surface area contributed by atoms with Crippen LogP contribution in [0.15, 0.2) is 12.1 Å². The number of aromatic amines is 1. The van der Waals surface area contributed by atoms with Crippen LogP contribution in [0.25, 0.3) is 11.6 Å². The Bertz CT molecular complexity index is 1300. The third kappa shape index (κ3) is 5.22. The van der Waals surface area contributed by atoms with Gasteiger partial charge in [-0.2, -0.15) is 0 Å². The molecule has 0 spiro atoms. The van der Waals surface area contributed by atoms with Crippen LogP contribution in [0.2, 0.25) is 0 Å². The van der Waals surface area contributed by atoms with Crippen LogP contribution in [0.4, 0.5) is 15.8 Å². The highest BCUT2D eigenvalue weighted by atomic mass is 19.1. The number of halogens is 1. The number of nitrogens with one attached hydrogen (secondary N) is 3. The van der Waals surface area contributed by atoms with Gasteiger partial charge in [0.15, 0.2) is 0 Å². The van der Waals surface area contributed by atoms with Crippen molar-refractivity contribution < 1.29 is 28.2 Å². The summed E-state index contributed by atoms with van der Waals surface area (Å²) in [6, 6.07) is 2.62. The van der Waals surface area contributed by atoms with E-state index in [2.05, 4.69) is 20.5 Å². The summed E-state index contributed by atoms with van der Waals surface area (Å²) < 4.78 is 25.0. The molecule has 202 valence electrons. The molecule has 0 atom stereocenters. The normalized spacial score (nSPS) is 18.8. The third-order valence-electron chi connectivity index (χ3n) is 7.24. The number of rotatable bonds is 7. The van der Waals surface area contributed by atoms with E-state index in [1.165, 1.54) is 19.2 Å². The van der Waals surface area contributed by atoms with Gasteiger partial charge in [-0.15, -0.1) is 0 Å². The summed E-state index contributed by atoms with van der Waals surface area (Å²) in [5.74, 6) is -1.57. The van der Waals surface area contributed by atoms with Crippen molar-refractivity contribution in [3.63, 3.8) is 0 Å². The van der Waals surface area contributed by atoms with Crippen LogP contribution in [0.3, 0.4) is 0 Å². The minimum absolute atomic E-state index is 0.0112. The molecule has 3 amide bonds. The Hall–Kier alpha value is -3.54. The largest absolute Gasteiger partial charge is 0.379 e. The highest BCUT2D eigenvalue weighted by molar-refractivity contribution is 6.35. The van der Waals surface area contributed by atoms with Crippen molar-refractivity contribution in [1.82, 2.24) is 14.8 Å². The van der Waals surface area contributed by atoms with Crippen molar-refractivity contribution in [2.75, 3.05) is 70.3 Å². The maximum absolute atomic E-state index is 14.8. The van der Waals surface area contributed by atoms with Gasteiger partial charge in [-0.1, -0.05) is 0 Å². The van der Waals surface area contributed by atoms with Crippen LogP contribution in [0, 0.1) is 12.7 Å². The minimum Gasteiger partial charge on any atom is -0.379 e. The fourth-order valence-electron chi connectivity index (χ4n) is 5.22. The van der Waals surface area contributed by atoms with Crippen molar-refractivity contribution in [1.29, 1.82) is 0 Å². The third-order valence-corrected chi connectivity index (χ3v) is 7.24. The summed E-state index contributed by atoms with van der Waals surface area (Å²) in [5, 5.41) is 5.18. The van der Waals surface area contributed by atoms with Crippen molar-refractivity contribution >= 4 is 40.7 Å². The molecular weight excluding hydrogens is 493 g/mol. The van der Waals surface area contributed by atoms with Gasteiger partial charge in [-0.25, -0.2) is 4.39 Å². The summed E-state index contributed by atoms with van der Waals surface area (Å²) in [6.07, 6.45) is 3.23. The summed E-state index contributed by atoms with van der Waals surface area (Å²) in [5.41, 5.74) is 3.94. The van der Waals surface area contributed by atoms with Crippen molar-refractivity contribution in [2.24, 2.45) is 0 Å². The first kappa shape index (κ1) is 26.1. The highest BCUT2D eigenvalue weighted by Gasteiger charge is 2.30. The van der Waals surface area contributed by atoms with Crippen molar-refractivity contribution in [3.8, 4) is 0 Å². The number of nitrogens with zero attached hydrogens (tertiary/aromatic N) is 2. The zero-order valence-corrected chi connectivity index (χ0v) is 21.6. The van der Waals surface area contributed by atoms with Gasteiger partial charge in [0.25, 0.3) is 11.8 Å². The van der Waals surface area contributed by atoms with Gasteiger partial charge in [-0.05, 0) is 43.5 Å². The zero-order chi connectivity index (χ0) is 26.8. The number of anilines is 2. The van der Waals surface area contributed by atoms with Crippen LogP contribution in [0.5, 0.6) is 0 Å². The van der Waals surface area contributed by atoms with Gasteiger partial charge in [-0.3, -0.25) is 19.3 Å². The van der Waals surface area contributed by atoms with Gasteiger partial charge < -0.3 is 30.0 Å². The second-order valence-electron chi connectivity index (χ2n) is 9.74. The van der Waals surface area contributed by atoms with Crippen LogP contribution >= 0.6 is 0 Å². The molecule has 3 aliphatic heterocycles. The van der Waals surface area contributed by atoms with E-state index in [0.29, 0.717) is 35.6 Å². The minimum atomic E-state index is -0.666. The highest BCUT2D eigenvalue weighted by Crippen LogP contribution is 2.37. The SMILES string of the molecule is COCC(=O)Nc1cc2c(cc1F)/C(=C/c1[nH]c3c(c1C)C(=O)N(CCN1CCOCC1)CCC3)C(=O)N2. The Morgan fingerprint density at radius 2 is 2.00 bits per heavy atom. The quantitative estimate of drug-likeness (QED) is 0.478. The molecule has 0 unspecified atom stereocenters. The number of aromatic nitrogens is 1. The number of H-pyrrole nitrogens is 1. The smallest absolute Gasteiger partial charge is 0.256 e. The Morgan fingerprint density at radius 3 is 2.76 bits per heavy atom. The molecular formula is C27H32FN5O5. The number of methoxy groups -OCH3 is 1. The van der Waals surface area contributed by atoms with Crippen LogP contribution in [-0.2, 0) is 25.5 Å². The van der Waals surface area contributed by atoms with Crippen LogP contribution in [-0.4, -0.2) is 92.2 Å². The number of aryl methyl sites for hydroxylation is 1. The van der Waals surface area contributed by atoms with E-state index < -0.39 is 11.7 Å². The number of ether oxygens (including phenoxy) is 2. The topological polar surface area (TPSA) is 116 Å². The van der Waals surface area contributed by atoms with Gasteiger partial charge >= 0.3 is 0 Å². The summed E-state index contributed by atoms with van der Waals surface area (Å²) in [7, 11) is 1.37. The van der Waals surface area contributed by atoms with Gasteiger partial charge in [0.05, 0.1) is 35.7 Å². The second kappa shape index (κ2) is 11.1. The molecule has 0 saturated carbocycles.